The van der Waals surface area contributed by atoms with Crippen LogP contribution in [-0.2, 0) is 65.4 Å². The second-order valence-electron chi connectivity index (χ2n) is 30.5. The van der Waals surface area contributed by atoms with Crippen molar-refractivity contribution in [2.75, 3.05) is 39.6 Å². The van der Waals surface area contributed by atoms with Crippen molar-refractivity contribution in [3.05, 3.63) is 0 Å². The summed E-state index contributed by atoms with van der Waals surface area (Å²) in [4.78, 5) is 73.0. The molecule has 0 saturated heterocycles. The van der Waals surface area contributed by atoms with Gasteiger partial charge in [0.2, 0.25) is 0 Å². The summed E-state index contributed by atoms with van der Waals surface area (Å²) in [7, 11) is -9.92. The summed E-state index contributed by atoms with van der Waals surface area (Å²) < 4.78 is 68.7. The van der Waals surface area contributed by atoms with Crippen LogP contribution in [0.15, 0.2) is 0 Å². The fourth-order valence-corrected chi connectivity index (χ4v) is 14.3. The van der Waals surface area contributed by atoms with Crippen LogP contribution >= 0.6 is 15.6 Å². The van der Waals surface area contributed by atoms with E-state index in [1.165, 1.54) is 250 Å². The molecule has 0 radical (unpaired) electrons. The van der Waals surface area contributed by atoms with Crippen molar-refractivity contribution >= 4 is 39.5 Å². The summed E-state index contributed by atoms with van der Waals surface area (Å²) in [5, 5.41) is 10.6. The predicted octanol–water partition coefficient (Wildman–Crippen LogP) is 24.7. The second-order valence-corrected chi connectivity index (χ2v) is 33.4. The molecular weight excluding hydrogens is 1320 g/mol. The lowest BCUT2D eigenvalue weighted by molar-refractivity contribution is -0.161. The molecule has 0 fully saturated rings. The Morgan fingerprint density at radius 1 is 0.267 bits per heavy atom. The third kappa shape index (κ3) is 76.1. The van der Waals surface area contributed by atoms with E-state index in [-0.39, 0.29) is 25.7 Å². The zero-order valence-corrected chi connectivity index (χ0v) is 68.0. The number of aliphatic hydroxyl groups is 1. The summed E-state index contributed by atoms with van der Waals surface area (Å²) in [6.45, 7) is 9.62. The first kappa shape index (κ1) is 99.1. The van der Waals surface area contributed by atoms with Gasteiger partial charge in [-0.3, -0.25) is 37.3 Å². The standard InChI is InChI=1S/C82H160O17P2/c1-7-9-11-13-15-17-19-20-21-22-23-24-25-26-29-33-37-41-48-54-60-66-81(86)98-77(70-93-80(85)65-59-53-47-40-36-32-30-27-28-31-35-38-44-50-56-62-74(3)4)72-96-100(88,89)94-68-76(83)69-95-101(90,91)97-73-78(99-82(87)67-61-55-49-43-42-45-51-57-63-75(5)6)71-92-79(84)64-58-52-46-39-34-18-16-14-12-10-8-2/h74-78,83H,7-73H2,1-6H3,(H,88,89)(H,90,91)/t76-,77-,78-/m1/s1. The Bertz CT molecular complexity index is 1940. The van der Waals surface area contributed by atoms with E-state index in [4.69, 9.17) is 37.0 Å². The van der Waals surface area contributed by atoms with Gasteiger partial charge in [0.25, 0.3) is 0 Å². The molecule has 0 spiro atoms. The Hall–Kier alpha value is -1.94. The van der Waals surface area contributed by atoms with Crippen LogP contribution in [-0.4, -0.2) is 96.7 Å². The van der Waals surface area contributed by atoms with Gasteiger partial charge in [0.05, 0.1) is 26.4 Å². The molecule has 101 heavy (non-hydrogen) atoms. The summed E-state index contributed by atoms with van der Waals surface area (Å²) in [6, 6.07) is 0. The van der Waals surface area contributed by atoms with Crippen molar-refractivity contribution in [2.24, 2.45) is 11.8 Å². The number of carbonyl (C=O) groups is 4. The fourth-order valence-electron chi connectivity index (χ4n) is 12.7. The molecule has 0 aromatic heterocycles. The summed E-state index contributed by atoms with van der Waals surface area (Å²) in [5.41, 5.74) is 0. The number of rotatable bonds is 81. The third-order valence-electron chi connectivity index (χ3n) is 19.2. The van der Waals surface area contributed by atoms with Crippen LogP contribution in [0.4, 0.5) is 0 Å². The van der Waals surface area contributed by atoms with Gasteiger partial charge in [-0.15, -0.1) is 0 Å². The summed E-state index contributed by atoms with van der Waals surface area (Å²) in [5.74, 6) is -0.585. The topological polar surface area (TPSA) is 237 Å². The quantitative estimate of drug-likeness (QED) is 0.0222. The maximum absolute atomic E-state index is 13.1. The predicted molar refractivity (Wildman–Crippen MR) is 414 cm³/mol. The highest BCUT2D eigenvalue weighted by atomic mass is 31.2. The van der Waals surface area contributed by atoms with E-state index in [9.17, 15) is 43.2 Å². The first-order chi connectivity index (χ1) is 48.9. The van der Waals surface area contributed by atoms with Gasteiger partial charge in [-0.1, -0.05) is 382 Å². The normalized spacial score (nSPS) is 13.9. The number of carbonyl (C=O) groups excluding carboxylic acids is 4. The zero-order valence-electron chi connectivity index (χ0n) is 66.2. The highest BCUT2D eigenvalue weighted by Gasteiger charge is 2.30. The van der Waals surface area contributed by atoms with Crippen molar-refractivity contribution in [3.63, 3.8) is 0 Å². The Morgan fingerprint density at radius 2 is 0.455 bits per heavy atom. The molecule has 0 bridgehead atoms. The molecular formula is C82H160O17P2. The molecule has 0 heterocycles. The van der Waals surface area contributed by atoms with E-state index in [2.05, 4.69) is 41.5 Å². The highest BCUT2D eigenvalue weighted by molar-refractivity contribution is 7.47. The number of ether oxygens (including phenoxy) is 4. The van der Waals surface area contributed by atoms with Crippen molar-refractivity contribution < 1.29 is 80.2 Å². The smallest absolute Gasteiger partial charge is 0.462 e. The van der Waals surface area contributed by atoms with Gasteiger partial charge in [0.15, 0.2) is 12.2 Å². The second kappa shape index (κ2) is 73.6. The van der Waals surface area contributed by atoms with Crippen LogP contribution in [0.5, 0.6) is 0 Å². The first-order valence-corrected chi connectivity index (χ1v) is 45.5. The van der Waals surface area contributed by atoms with Gasteiger partial charge >= 0.3 is 39.5 Å². The molecule has 5 atom stereocenters. The largest absolute Gasteiger partial charge is 0.472 e. The number of phosphoric ester groups is 2. The minimum atomic E-state index is -4.96. The third-order valence-corrected chi connectivity index (χ3v) is 21.1. The van der Waals surface area contributed by atoms with Gasteiger partial charge in [-0.25, -0.2) is 9.13 Å². The van der Waals surface area contributed by atoms with Gasteiger partial charge in [-0.2, -0.15) is 0 Å². The van der Waals surface area contributed by atoms with Crippen molar-refractivity contribution in [1.29, 1.82) is 0 Å². The molecule has 0 aromatic rings. The molecule has 0 saturated carbocycles. The Labute approximate surface area is 619 Å². The average Bonchev–Trinajstić information content (AvgIpc) is 0.958. The lowest BCUT2D eigenvalue weighted by atomic mass is 10.0. The van der Waals surface area contributed by atoms with E-state index < -0.39 is 97.5 Å². The van der Waals surface area contributed by atoms with Gasteiger partial charge in [0, 0.05) is 25.7 Å². The molecule has 0 aliphatic rings. The number of unbranched alkanes of at least 4 members (excludes halogenated alkanes) is 51. The number of hydrogen-bond acceptors (Lipinski definition) is 15. The van der Waals surface area contributed by atoms with Crippen LogP contribution in [0.25, 0.3) is 0 Å². The SMILES string of the molecule is CCCCCCCCCCCCCCCCCCCCCCCC(=O)O[C@H](COC(=O)CCCCCCCCCCCCCCCCCC(C)C)COP(=O)(O)OC[C@@H](O)COP(=O)(O)OC[C@@H](COC(=O)CCCCCCCCCCCCC)OC(=O)CCCCCCCCCCC(C)C. The highest BCUT2D eigenvalue weighted by Crippen LogP contribution is 2.45. The van der Waals surface area contributed by atoms with Gasteiger partial charge < -0.3 is 33.8 Å². The number of hydrogen-bond donors (Lipinski definition) is 3. The van der Waals surface area contributed by atoms with Gasteiger partial charge in [0.1, 0.15) is 19.3 Å². The minimum Gasteiger partial charge on any atom is -0.462 e. The van der Waals surface area contributed by atoms with Gasteiger partial charge in [-0.05, 0) is 37.5 Å². The molecule has 0 aliphatic heterocycles. The van der Waals surface area contributed by atoms with Crippen molar-refractivity contribution in [3.8, 4) is 0 Å². The molecule has 19 heteroatoms. The van der Waals surface area contributed by atoms with E-state index in [1.807, 2.05) is 0 Å². The van der Waals surface area contributed by atoms with Crippen LogP contribution in [0.2, 0.25) is 0 Å². The fraction of sp³-hybridized carbons (Fsp3) is 0.951. The monoisotopic (exact) mass is 1480 g/mol. The number of aliphatic hydroxyl groups excluding tert-OH is 1. The Kier molecular flexibility index (Phi) is 72.2. The molecule has 0 amide bonds. The van der Waals surface area contributed by atoms with Crippen LogP contribution in [0, 0.1) is 11.8 Å². The molecule has 2 unspecified atom stereocenters. The molecule has 17 nitrogen and oxygen atoms in total. The lowest BCUT2D eigenvalue weighted by Crippen LogP contribution is -2.30. The summed E-state index contributed by atoms with van der Waals surface area (Å²) >= 11 is 0. The molecule has 0 aliphatic carbocycles. The molecule has 600 valence electrons. The van der Waals surface area contributed by atoms with Crippen LogP contribution < -0.4 is 0 Å². The van der Waals surface area contributed by atoms with E-state index in [1.54, 1.807) is 0 Å². The Morgan fingerprint density at radius 3 is 0.673 bits per heavy atom. The summed E-state index contributed by atoms with van der Waals surface area (Å²) in [6.07, 6.45) is 64.0. The van der Waals surface area contributed by atoms with Crippen molar-refractivity contribution in [2.45, 2.75) is 452 Å². The molecule has 0 aromatic carbocycles. The maximum atomic E-state index is 13.1. The number of esters is 4. The average molecular weight is 1480 g/mol. The van der Waals surface area contributed by atoms with E-state index in [0.717, 1.165) is 102 Å². The van der Waals surface area contributed by atoms with E-state index in [0.29, 0.717) is 25.7 Å². The number of phosphoric acid groups is 2. The lowest BCUT2D eigenvalue weighted by Gasteiger charge is -2.21. The van der Waals surface area contributed by atoms with Crippen LogP contribution in [0.1, 0.15) is 433 Å². The minimum absolute atomic E-state index is 0.105. The molecule has 0 rings (SSSR count). The Balaban J connectivity index is 5.21. The molecule has 3 N–H and O–H groups in total. The maximum Gasteiger partial charge on any atom is 0.472 e. The zero-order chi connectivity index (χ0) is 74.2. The van der Waals surface area contributed by atoms with E-state index >= 15 is 0 Å². The van der Waals surface area contributed by atoms with Crippen LogP contribution in [0.3, 0.4) is 0 Å². The first-order valence-electron chi connectivity index (χ1n) is 42.5. The van der Waals surface area contributed by atoms with Crippen molar-refractivity contribution in [1.82, 2.24) is 0 Å².